The van der Waals surface area contributed by atoms with Crippen molar-refractivity contribution in [1.29, 1.82) is 0 Å². The van der Waals surface area contributed by atoms with Gasteiger partial charge in [-0.05, 0) is 32.0 Å². The van der Waals surface area contributed by atoms with Crippen LogP contribution >= 0.6 is 11.3 Å². The van der Waals surface area contributed by atoms with Gasteiger partial charge in [-0.3, -0.25) is 0 Å². The van der Waals surface area contributed by atoms with Crippen LogP contribution in [0.3, 0.4) is 0 Å². The van der Waals surface area contributed by atoms with E-state index in [2.05, 4.69) is 10.1 Å². The molecule has 1 atom stereocenters. The molecule has 2 N–H and O–H groups in total. The molecular formula is C18H19F3N4O6S2. The first-order valence-electron chi connectivity index (χ1n) is 9.35. The normalized spacial score (nSPS) is 13.3. The van der Waals surface area contributed by atoms with E-state index >= 15 is 0 Å². The third kappa shape index (κ3) is 5.10. The Balaban J connectivity index is 2.04. The molecule has 180 valence electrons. The summed E-state index contributed by atoms with van der Waals surface area (Å²) in [6, 6.07) is 4.02. The SMILES string of the molecule is CCOC(=O)c1nn2c(-c3ccc(OC)c(S(=O)(=O)NCC(O)C(F)(F)F)c3)c(C)nc2s1. The lowest BCUT2D eigenvalue weighted by Gasteiger charge is -2.16. The van der Waals surface area contributed by atoms with E-state index in [1.165, 1.54) is 29.8 Å². The van der Waals surface area contributed by atoms with Crippen molar-refractivity contribution in [2.45, 2.75) is 31.0 Å². The third-order valence-electron chi connectivity index (χ3n) is 4.40. The van der Waals surface area contributed by atoms with Crippen LogP contribution in [0.5, 0.6) is 5.75 Å². The van der Waals surface area contributed by atoms with Crippen molar-refractivity contribution in [3.05, 3.63) is 28.9 Å². The zero-order valence-electron chi connectivity index (χ0n) is 17.5. The first-order chi connectivity index (χ1) is 15.4. The smallest absolute Gasteiger partial charge is 0.415 e. The summed E-state index contributed by atoms with van der Waals surface area (Å²) in [5, 5.41) is 13.4. The van der Waals surface area contributed by atoms with Gasteiger partial charge in [-0.1, -0.05) is 11.3 Å². The van der Waals surface area contributed by atoms with Crippen molar-refractivity contribution in [1.82, 2.24) is 19.3 Å². The number of ether oxygens (including phenoxy) is 2. The second-order valence-electron chi connectivity index (χ2n) is 6.64. The van der Waals surface area contributed by atoms with Gasteiger partial charge in [-0.2, -0.15) is 13.2 Å². The maximum Gasteiger partial charge on any atom is 0.415 e. The molecule has 0 aliphatic heterocycles. The van der Waals surface area contributed by atoms with Crippen LogP contribution in [0, 0.1) is 6.92 Å². The van der Waals surface area contributed by atoms with E-state index in [1.807, 2.05) is 0 Å². The zero-order chi connectivity index (χ0) is 24.6. The number of hydrogen-bond donors (Lipinski definition) is 2. The summed E-state index contributed by atoms with van der Waals surface area (Å²) in [5.74, 6) is -0.765. The van der Waals surface area contributed by atoms with E-state index < -0.39 is 39.7 Å². The van der Waals surface area contributed by atoms with Gasteiger partial charge in [0.05, 0.1) is 25.1 Å². The van der Waals surface area contributed by atoms with Crippen LogP contribution in [0.1, 0.15) is 22.4 Å². The maximum atomic E-state index is 12.7. The number of aromatic nitrogens is 3. The summed E-state index contributed by atoms with van der Waals surface area (Å²) in [6.45, 7) is 2.18. The van der Waals surface area contributed by atoms with Gasteiger partial charge >= 0.3 is 12.1 Å². The van der Waals surface area contributed by atoms with Crippen molar-refractivity contribution in [3.63, 3.8) is 0 Å². The summed E-state index contributed by atoms with van der Waals surface area (Å²) >= 11 is 0.983. The summed E-state index contributed by atoms with van der Waals surface area (Å²) in [4.78, 5) is 16.2. The number of nitrogens with one attached hydrogen (secondary N) is 1. The lowest BCUT2D eigenvalue weighted by molar-refractivity contribution is -0.200. The van der Waals surface area contributed by atoms with E-state index in [9.17, 15) is 26.4 Å². The number of imidazole rings is 1. The van der Waals surface area contributed by atoms with Gasteiger partial charge in [-0.25, -0.2) is 27.4 Å². The number of halogens is 3. The van der Waals surface area contributed by atoms with E-state index in [1.54, 1.807) is 18.6 Å². The number of benzene rings is 1. The zero-order valence-corrected chi connectivity index (χ0v) is 19.1. The lowest BCUT2D eigenvalue weighted by Crippen LogP contribution is -2.40. The van der Waals surface area contributed by atoms with Gasteiger partial charge in [0.2, 0.25) is 20.0 Å². The van der Waals surface area contributed by atoms with Crippen LogP contribution in [-0.4, -0.2) is 66.6 Å². The molecule has 0 spiro atoms. The highest BCUT2D eigenvalue weighted by molar-refractivity contribution is 7.89. The number of aryl methyl sites for hydroxylation is 1. The Morgan fingerprint density at radius 2 is 2.06 bits per heavy atom. The fraction of sp³-hybridized carbons (Fsp3) is 0.389. The van der Waals surface area contributed by atoms with E-state index in [4.69, 9.17) is 14.6 Å². The molecule has 15 heteroatoms. The topological polar surface area (TPSA) is 132 Å². The summed E-state index contributed by atoms with van der Waals surface area (Å²) in [6.07, 6.45) is -7.87. The minimum atomic E-state index is -4.99. The average molecular weight is 509 g/mol. The summed E-state index contributed by atoms with van der Waals surface area (Å²) in [5.41, 5.74) is 1.14. The Morgan fingerprint density at radius 3 is 2.67 bits per heavy atom. The minimum absolute atomic E-state index is 0.0461. The Kier molecular flexibility index (Phi) is 6.97. The van der Waals surface area contributed by atoms with Crippen molar-refractivity contribution in [2.24, 2.45) is 0 Å². The van der Waals surface area contributed by atoms with Gasteiger partial charge in [0.1, 0.15) is 10.6 Å². The Bertz CT molecular complexity index is 1290. The monoisotopic (exact) mass is 508 g/mol. The maximum absolute atomic E-state index is 12.7. The van der Waals surface area contributed by atoms with Crippen molar-refractivity contribution in [2.75, 3.05) is 20.3 Å². The number of aliphatic hydroxyl groups excluding tert-OH is 1. The van der Waals surface area contributed by atoms with E-state index in [0.717, 1.165) is 11.3 Å². The number of fused-ring (bicyclic) bond motifs is 1. The molecule has 0 aliphatic rings. The van der Waals surface area contributed by atoms with Gasteiger partial charge in [0, 0.05) is 12.1 Å². The predicted molar refractivity (Wildman–Crippen MR) is 111 cm³/mol. The highest BCUT2D eigenvalue weighted by Crippen LogP contribution is 2.33. The molecule has 1 unspecified atom stereocenters. The molecule has 1 aromatic carbocycles. The summed E-state index contributed by atoms with van der Waals surface area (Å²) < 4.78 is 76.2. The van der Waals surface area contributed by atoms with Gasteiger partial charge in [-0.15, -0.1) is 5.10 Å². The molecule has 0 radical (unpaired) electrons. The fourth-order valence-corrected chi connectivity index (χ4v) is 4.94. The van der Waals surface area contributed by atoms with Crippen molar-refractivity contribution in [3.8, 4) is 17.0 Å². The second kappa shape index (κ2) is 9.24. The molecule has 3 rings (SSSR count). The molecule has 2 aromatic heterocycles. The average Bonchev–Trinajstić information content (AvgIpc) is 3.27. The lowest BCUT2D eigenvalue weighted by atomic mass is 10.1. The number of methoxy groups -OCH3 is 1. The first-order valence-corrected chi connectivity index (χ1v) is 11.6. The number of hydrogen-bond acceptors (Lipinski definition) is 9. The Hall–Kier alpha value is -2.75. The fourth-order valence-electron chi connectivity index (χ4n) is 2.87. The van der Waals surface area contributed by atoms with Crippen LogP contribution in [-0.2, 0) is 14.8 Å². The number of rotatable bonds is 8. The number of aliphatic hydroxyl groups is 1. The first kappa shape index (κ1) is 24.9. The second-order valence-corrected chi connectivity index (χ2v) is 9.33. The molecule has 2 heterocycles. The predicted octanol–water partition coefficient (Wildman–Crippen LogP) is 2.15. The molecule has 10 nitrogen and oxygen atoms in total. The van der Waals surface area contributed by atoms with Crippen LogP contribution in [0.4, 0.5) is 13.2 Å². The van der Waals surface area contributed by atoms with Gasteiger partial charge < -0.3 is 14.6 Å². The highest BCUT2D eigenvalue weighted by Gasteiger charge is 2.39. The molecule has 0 saturated carbocycles. The van der Waals surface area contributed by atoms with E-state index in [0.29, 0.717) is 21.9 Å². The standard InChI is InChI=1S/C18H19F3N4O6S2/c1-4-31-16(27)15-24-25-14(9(2)23-17(25)32-15)10-5-6-11(30-3)12(7-10)33(28,29)22-8-13(26)18(19,20)21/h5-7,13,22,26H,4,8H2,1-3H3. The number of carbonyl (C=O) groups excluding carboxylic acids is 1. The minimum Gasteiger partial charge on any atom is -0.495 e. The number of sulfonamides is 1. The largest absolute Gasteiger partial charge is 0.495 e. The van der Waals surface area contributed by atoms with Crippen LogP contribution in [0.15, 0.2) is 23.1 Å². The molecule has 0 aliphatic carbocycles. The number of alkyl halides is 3. The highest BCUT2D eigenvalue weighted by atomic mass is 32.2. The van der Waals surface area contributed by atoms with Crippen LogP contribution in [0.2, 0.25) is 0 Å². The van der Waals surface area contributed by atoms with Gasteiger partial charge in [0.25, 0.3) is 0 Å². The van der Waals surface area contributed by atoms with Crippen LogP contribution in [0.25, 0.3) is 16.2 Å². The number of nitrogens with zero attached hydrogens (tertiary/aromatic N) is 3. The number of carbonyl (C=O) groups is 1. The van der Waals surface area contributed by atoms with Gasteiger partial charge in [0.15, 0.2) is 6.10 Å². The number of esters is 1. The van der Waals surface area contributed by atoms with E-state index in [-0.39, 0.29) is 17.4 Å². The molecule has 3 aromatic rings. The Morgan fingerprint density at radius 1 is 1.36 bits per heavy atom. The molecule has 33 heavy (non-hydrogen) atoms. The summed E-state index contributed by atoms with van der Waals surface area (Å²) in [7, 11) is -3.31. The molecule has 0 amide bonds. The molecule has 0 bridgehead atoms. The van der Waals surface area contributed by atoms with Crippen LogP contribution < -0.4 is 9.46 Å². The van der Waals surface area contributed by atoms with Crippen molar-refractivity contribution >= 4 is 32.3 Å². The quantitative estimate of drug-likeness (QED) is 0.443. The molecule has 0 fully saturated rings. The third-order valence-corrected chi connectivity index (χ3v) is 6.73. The molecule has 0 saturated heterocycles. The van der Waals surface area contributed by atoms with Crippen molar-refractivity contribution < 1.29 is 41.0 Å². The Labute approximate surface area is 190 Å². The molecular weight excluding hydrogens is 489 g/mol.